The summed E-state index contributed by atoms with van der Waals surface area (Å²) < 4.78 is 18.5. The van der Waals surface area contributed by atoms with E-state index in [-0.39, 0.29) is 17.7 Å². The Morgan fingerprint density at radius 1 is 0.921 bits per heavy atom. The number of anilines is 1. The molecule has 0 unspecified atom stereocenters. The van der Waals surface area contributed by atoms with Crippen LogP contribution < -0.4 is 19.5 Å². The number of esters is 1. The summed E-state index contributed by atoms with van der Waals surface area (Å²) in [6.45, 7) is 7.03. The second-order valence-corrected chi connectivity index (χ2v) is 9.16. The van der Waals surface area contributed by atoms with Gasteiger partial charge >= 0.3 is 5.97 Å². The van der Waals surface area contributed by atoms with Crippen molar-refractivity contribution in [2.75, 3.05) is 19.5 Å². The number of amides is 1. The normalized spacial score (nSPS) is 10.8. The van der Waals surface area contributed by atoms with Gasteiger partial charge in [0, 0.05) is 30.2 Å². The summed E-state index contributed by atoms with van der Waals surface area (Å²) >= 11 is 0. The van der Waals surface area contributed by atoms with E-state index in [0.29, 0.717) is 34.0 Å². The van der Waals surface area contributed by atoms with Crippen LogP contribution in [-0.2, 0) is 9.59 Å². The highest BCUT2D eigenvalue weighted by Gasteiger charge is 2.26. The minimum atomic E-state index is -0.478. The number of hydrogen-bond acceptors (Lipinski definition) is 6. The van der Waals surface area contributed by atoms with Gasteiger partial charge in [0.25, 0.3) is 0 Å². The summed E-state index contributed by atoms with van der Waals surface area (Å²) in [6, 6.07) is 20.6. The first-order valence-corrected chi connectivity index (χ1v) is 12.2. The molecule has 4 aromatic rings. The third-order valence-electron chi connectivity index (χ3n) is 5.99. The number of benzene rings is 3. The third kappa shape index (κ3) is 5.54. The number of nitrogens with zero attached hydrogens (tertiary/aromatic N) is 2. The molecule has 0 aliphatic carbocycles. The maximum atomic E-state index is 12.3. The van der Waals surface area contributed by atoms with E-state index in [1.54, 1.807) is 25.0 Å². The van der Waals surface area contributed by atoms with E-state index in [2.05, 4.69) is 5.32 Å². The molecule has 0 saturated heterocycles. The molecule has 0 saturated carbocycles. The Kier molecular flexibility index (Phi) is 7.81. The molecule has 0 atom stereocenters. The molecule has 38 heavy (non-hydrogen) atoms. The summed E-state index contributed by atoms with van der Waals surface area (Å²) in [5.74, 6) is 0.757. The van der Waals surface area contributed by atoms with E-state index in [9.17, 15) is 9.59 Å². The second-order valence-electron chi connectivity index (χ2n) is 9.16. The first kappa shape index (κ1) is 26.5. The number of rotatable bonds is 8. The van der Waals surface area contributed by atoms with E-state index < -0.39 is 5.97 Å². The molecule has 1 N–H and O–H groups in total. The molecule has 1 aromatic heterocycles. The van der Waals surface area contributed by atoms with Crippen LogP contribution in [0.4, 0.5) is 5.69 Å². The Morgan fingerprint density at radius 3 is 2.18 bits per heavy atom. The third-order valence-corrected chi connectivity index (χ3v) is 5.99. The van der Waals surface area contributed by atoms with E-state index in [1.807, 2.05) is 81.4 Å². The van der Waals surface area contributed by atoms with Crippen LogP contribution in [0.1, 0.15) is 26.3 Å². The molecule has 196 valence electrons. The van der Waals surface area contributed by atoms with Crippen molar-refractivity contribution in [3.05, 3.63) is 72.3 Å². The lowest BCUT2D eigenvalue weighted by molar-refractivity contribution is -0.132. The molecule has 0 spiro atoms. The summed E-state index contributed by atoms with van der Waals surface area (Å²) in [7, 11) is 3.17. The van der Waals surface area contributed by atoms with Crippen LogP contribution in [-0.4, -0.2) is 35.9 Å². The van der Waals surface area contributed by atoms with Crippen LogP contribution in [0.25, 0.3) is 28.1 Å². The molecular formula is C30H31N3O5. The predicted molar refractivity (Wildman–Crippen MR) is 147 cm³/mol. The van der Waals surface area contributed by atoms with Gasteiger partial charge in [0.15, 0.2) is 0 Å². The van der Waals surface area contributed by atoms with Gasteiger partial charge in [-0.15, -0.1) is 0 Å². The van der Waals surface area contributed by atoms with Crippen molar-refractivity contribution >= 4 is 17.6 Å². The average Bonchev–Trinajstić information content (AvgIpc) is 3.27. The smallest absolute Gasteiger partial charge is 0.309 e. The van der Waals surface area contributed by atoms with Crippen molar-refractivity contribution in [2.45, 2.75) is 27.7 Å². The molecule has 3 aromatic carbocycles. The van der Waals surface area contributed by atoms with Gasteiger partial charge in [-0.25, -0.2) is 0 Å². The van der Waals surface area contributed by atoms with Gasteiger partial charge in [-0.3, -0.25) is 9.59 Å². The number of ether oxygens (including phenoxy) is 3. The summed E-state index contributed by atoms with van der Waals surface area (Å²) in [4.78, 5) is 24.5. The molecule has 0 aliphatic heterocycles. The Morgan fingerprint density at radius 2 is 1.61 bits per heavy atom. The standard InChI is InChI=1S/C30H31N3O5/c1-18(2)29(35)31-22-11-9-21(10-12-22)27-28(25-16-15-24(36-5)17-26(25)37-6)32-33(30(27)38-20(4)34)23-13-7-19(3)8-14-23/h7-18H,1-6H3,(H,31,35). The molecule has 0 aliphatic rings. The number of hydrogen-bond donors (Lipinski definition) is 1. The lowest BCUT2D eigenvalue weighted by Gasteiger charge is -2.12. The largest absolute Gasteiger partial charge is 0.497 e. The van der Waals surface area contributed by atoms with E-state index in [0.717, 1.165) is 16.8 Å². The summed E-state index contributed by atoms with van der Waals surface area (Å²) in [6.07, 6.45) is 0. The Balaban J connectivity index is 1.96. The first-order chi connectivity index (χ1) is 18.2. The second kappa shape index (κ2) is 11.2. The Labute approximate surface area is 222 Å². The monoisotopic (exact) mass is 513 g/mol. The van der Waals surface area contributed by atoms with E-state index >= 15 is 0 Å². The average molecular weight is 514 g/mol. The van der Waals surface area contributed by atoms with Crippen LogP contribution in [0.2, 0.25) is 0 Å². The first-order valence-electron chi connectivity index (χ1n) is 12.2. The molecule has 1 heterocycles. The van der Waals surface area contributed by atoms with Crippen LogP contribution in [0.5, 0.6) is 17.4 Å². The minimum absolute atomic E-state index is 0.0748. The lowest BCUT2D eigenvalue weighted by atomic mass is 10.00. The number of nitrogens with one attached hydrogen (secondary N) is 1. The van der Waals surface area contributed by atoms with Crippen molar-refractivity contribution in [1.82, 2.24) is 9.78 Å². The number of carbonyl (C=O) groups is 2. The van der Waals surface area contributed by atoms with Gasteiger partial charge in [0.1, 0.15) is 17.2 Å². The number of aromatic nitrogens is 2. The fraction of sp³-hybridized carbons (Fsp3) is 0.233. The predicted octanol–water partition coefficient (Wildman–Crippen LogP) is 6.05. The van der Waals surface area contributed by atoms with Gasteiger partial charge in [0.05, 0.1) is 25.5 Å². The topological polar surface area (TPSA) is 91.7 Å². The maximum Gasteiger partial charge on any atom is 0.309 e. The van der Waals surface area contributed by atoms with Crippen molar-refractivity contribution < 1.29 is 23.8 Å². The highest BCUT2D eigenvalue weighted by Crippen LogP contribution is 2.44. The highest BCUT2D eigenvalue weighted by atomic mass is 16.5. The van der Waals surface area contributed by atoms with Crippen molar-refractivity contribution in [1.29, 1.82) is 0 Å². The molecule has 4 rings (SSSR count). The van der Waals surface area contributed by atoms with Gasteiger partial charge in [-0.1, -0.05) is 43.7 Å². The zero-order valence-corrected chi connectivity index (χ0v) is 22.4. The molecule has 0 fully saturated rings. The van der Waals surface area contributed by atoms with Gasteiger partial charge in [0.2, 0.25) is 11.8 Å². The Hall–Kier alpha value is -4.59. The lowest BCUT2D eigenvalue weighted by Crippen LogP contribution is -2.17. The van der Waals surface area contributed by atoms with Gasteiger partial charge in [-0.05, 0) is 48.9 Å². The summed E-state index contributed by atoms with van der Waals surface area (Å²) in [5.41, 5.74) is 5.08. The van der Waals surface area contributed by atoms with E-state index in [4.69, 9.17) is 19.3 Å². The maximum absolute atomic E-state index is 12.3. The SMILES string of the molecule is COc1ccc(-c2nn(-c3ccc(C)cc3)c(OC(C)=O)c2-c2ccc(NC(=O)C(C)C)cc2)c(OC)c1. The van der Waals surface area contributed by atoms with Gasteiger partial charge < -0.3 is 19.5 Å². The highest BCUT2D eigenvalue weighted by molar-refractivity contribution is 5.93. The van der Waals surface area contributed by atoms with Crippen LogP contribution in [0, 0.1) is 12.8 Å². The molecular weight excluding hydrogens is 482 g/mol. The number of carbonyl (C=O) groups excluding carboxylic acids is 2. The van der Waals surface area contributed by atoms with Crippen molar-refractivity contribution in [3.8, 4) is 45.5 Å². The quantitative estimate of drug-likeness (QED) is 0.288. The molecule has 1 amide bonds. The fourth-order valence-corrected chi connectivity index (χ4v) is 3.94. The van der Waals surface area contributed by atoms with Crippen LogP contribution in [0.15, 0.2) is 66.7 Å². The van der Waals surface area contributed by atoms with Crippen LogP contribution in [0.3, 0.4) is 0 Å². The zero-order valence-electron chi connectivity index (χ0n) is 22.4. The number of methoxy groups -OCH3 is 2. The van der Waals surface area contributed by atoms with Crippen LogP contribution >= 0.6 is 0 Å². The molecule has 8 nitrogen and oxygen atoms in total. The zero-order chi connectivity index (χ0) is 27.4. The van der Waals surface area contributed by atoms with Crippen molar-refractivity contribution in [3.63, 3.8) is 0 Å². The van der Waals surface area contributed by atoms with E-state index in [1.165, 1.54) is 6.92 Å². The molecule has 8 heteroatoms. The Bertz CT molecular complexity index is 1450. The minimum Gasteiger partial charge on any atom is -0.497 e. The molecule has 0 bridgehead atoms. The van der Waals surface area contributed by atoms with Gasteiger partial charge in [-0.2, -0.15) is 9.78 Å². The van der Waals surface area contributed by atoms with Crippen molar-refractivity contribution in [2.24, 2.45) is 5.92 Å². The number of aryl methyl sites for hydroxylation is 1. The fourth-order valence-electron chi connectivity index (χ4n) is 3.94. The summed E-state index contributed by atoms with van der Waals surface area (Å²) in [5, 5.41) is 7.82. The molecule has 0 radical (unpaired) electrons.